The Kier molecular flexibility index (Phi) is 12.0. The van der Waals surface area contributed by atoms with E-state index in [0.29, 0.717) is 43.7 Å². The molecule has 3 rings (SSSR count). The number of nitrogens with one attached hydrogen (secondary N) is 2. The second-order valence-electron chi connectivity index (χ2n) is 11.0. The number of hydrogen-bond donors (Lipinski definition) is 3. The van der Waals surface area contributed by atoms with Crippen LogP contribution in [0.2, 0.25) is 0 Å². The monoisotopic (exact) mass is 613 g/mol. The fourth-order valence-corrected chi connectivity index (χ4v) is 5.15. The third-order valence-electron chi connectivity index (χ3n) is 6.64. The quantitative estimate of drug-likeness (QED) is 0.351. The molecule has 0 radical (unpaired) electrons. The Balaban J connectivity index is 0.000000782. The lowest BCUT2D eigenvalue weighted by Gasteiger charge is -2.31. The summed E-state index contributed by atoms with van der Waals surface area (Å²) in [5, 5.41) is 10.1. The maximum Gasteiger partial charge on any atom is 0.490 e. The molecule has 2 aromatic rings. The smallest absolute Gasteiger partial charge is 0.475 e. The van der Waals surface area contributed by atoms with E-state index in [4.69, 9.17) is 9.90 Å². The van der Waals surface area contributed by atoms with Crippen LogP contribution in [0.3, 0.4) is 0 Å². The highest BCUT2D eigenvalue weighted by Crippen LogP contribution is 2.25. The number of benzene rings is 2. The van der Waals surface area contributed by atoms with E-state index in [2.05, 4.69) is 37.7 Å². The molecule has 1 aliphatic rings. The standard InChI is InChI=1S/C27H37N3O4S.C2HF3O2/c1-5-6-17-28-25(31)20-15-18-30(19-16-20)26(32)21-7-11-23(12-8-21)29-35(33,34)24-13-9-22(10-14-24)27(2,3)4;3-2(4,5)1(6)7/h7-14,20,29H,5-6,15-19H2,1-4H3,(H,28,31);(H,6,7). The minimum absolute atomic E-state index is 0.0508. The van der Waals surface area contributed by atoms with Gasteiger partial charge in [-0.2, -0.15) is 13.2 Å². The Bertz CT molecular complexity index is 1310. The van der Waals surface area contributed by atoms with E-state index in [0.717, 1.165) is 18.4 Å². The number of anilines is 1. The molecule has 3 N–H and O–H groups in total. The van der Waals surface area contributed by atoms with E-state index >= 15 is 0 Å². The van der Waals surface area contributed by atoms with Crippen LogP contribution < -0.4 is 10.0 Å². The number of carbonyl (C=O) groups is 3. The van der Waals surface area contributed by atoms with Crippen LogP contribution in [0, 0.1) is 5.92 Å². The van der Waals surface area contributed by atoms with Gasteiger partial charge in [0.1, 0.15) is 0 Å². The molecular formula is C29H38F3N3O6S. The first-order chi connectivity index (χ1) is 19.5. The van der Waals surface area contributed by atoms with Crippen molar-refractivity contribution in [2.45, 2.75) is 69.9 Å². The molecule has 0 saturated carbocycles. The Morgan fingerprint density at radius 3 is 1.93 bits per heavy atom. The molecule has 232 valence electrons. The summed E-state index contributed by atoms with van der Waals surface area (Å²) >= 11 is 0. The number of piperidine rings is 1. The van der Waals surface area contributed by atoms with Crippen LogP contribution in [-0.4, -0.2) is 62.0 Å². The van der Waals surface area contributed by atoms with Crippen molar-refractivity contribution in [2.24, 2.45) is 5.92 Å². The molecule has 1 fully saturated rings. The number of carboxylic acids is 1. The van der Waals surface area contributed by atoms with Crippen molar-refractivity contribution in [1.82, 2.24) is 10.2 Å². The summed E-state index contributed by atoms with van der Waals surface area (Å²) in [6.45, 7) is 10.1. The summed E-state index contributed by atoms with van der Waals surface area (Å²) in [4.78, 5) is 36.0. The number of carboxylic acid groups (broad SMARTS) is 1. The molecule has 0 aromatic heterocycles. The van der Waals surface area contributed by atoms with E-state index in [1.807, 2.05) is 12.1 Å². The van der Waals surface area contributed by atoms with Gasteiger partial charge in [-0.3, -0.25) is 14.3 Å². The number of amides is 2. The number of carbonyl (C=O) groups excluding carboxylic acids is 2. The summed E-state index contributed by atoms with van der Waals surface area (Å²) in [5.41, 5.74) is 1.88. The molecule has 1 saturated heterocycles. The first-order valence-corrected chi connectivity index (χ1v) is 15.0. The van der Waals surface area contributed by atoms with Gasteiger partial charge in [0.15, 0.2) is 0 Å². The first-order valence-electron chi connectivity index (χ1n) is 13.6. The number of aliphatic carboxylic acids is 1. The van der Waals surface area contributed by atoms with Crippen molar-refractivity contribution in [3.8, 4) is 0 Å². The molecule has 9 nitrogen and oxygen atoms in total. The van der Waals surface area contributed by atoms with Crippen molar-refractivity contribution in [2.75, 3.05) is 24.4 Å². The molecule has 2 aromatic carbocycles. The zero-order chi connectivity index (χ0) is 31.7. The van der Waals surface area contributed by atoms with Crippen LogP contribution in [0.5, 0.6) is 0 Å². The zero-order valence-electron chi connectivity index (χ0n) is 24.1. The maximum absolute atomic E-state index is 12.9. The molecular weight excluding hydrogens is 575 g/mol. The number of sulfonamides is 1. The van der Waals surface area contributed by atoms with E-state index in [9.17, 15) is 31.2 Å². The highest BCUT2D eigenvalue weighted by molar-refractivity contribution is 7.92. The van der Waals surface area contributed by atoms with Gasteiger partial charge in [-0.15, -0.1) is 0 Å². The van der Waals surface area contributed by atoms with E-state index in [1.165, 1.54) is 0 Å². The fraction of sp³-hybridized carbons (Fsp3) is 0.483. The van der Waals surface area contributed by atoms with Gasteiger partial charge in [0.05, 0.1) is 4.90 Å². The second kappa shape index (κ2) is 14.5. The Hall–Kier alpha value is -3.61. The molecule has 0 spiro atoms. The first kappa shape index (κ1) is 34.6. The number of halogens is 3. The van der Waals surface area contributed by atoms with Gasteiger partial charge in [0.2, 0.25) is 5.91 Å². The van der Waals surface area contributed by atoms with Gasteiger partial charge in [-0.05, 0) is 66.6 Å². The summed E-state index contributed by atoms with van der Waals surface area (Å²) in [6.07, 6.45) is -1.78. The van der Waals surface area contributed by atoms with Gasteiger partial charge in [0.25, 0.3) is 15.9 Å². The molecule has 13 heteroatoms. The second-order valence-corrected chi connectivity index (χ2v) is 12.7. The van der Waals surface area contributed by atoms with Gasteiger partial charge in [-0.25, -0.2) is 13.2 Å². The van der Waals surface area contributed by atoms with E-state index in [-0.39, 0.29) is 28.0 Å². The molecule has 0 aliphatic carbocycles. The Morgan fingerprint density at radius 2 is 1.48 bits per heavy atom. The normalized spacial score (nSPS) is 14.4. The predicted octanol–water partition coefficient (Wildman–Crippen LogP) is 5.19. The van der Waals surface area contributed by atoms with Crippen molar-refractivity contribution < 1.29 is 41.1 Å². The van der Waals surface area contributed by atoms with Crippen LogP contribution in [0.1, 0.15) is 69.3 Å². The van der Waals surface area contributed by atoms with Crippen LogP contribution in [0.4, 0.5) is 18.9 Å². The lowest BCUT2D eigenvalue weighted by molar-refractivity contribution is -0.192. The van der Waals surface area contributed by atoms with Gasteiger partial charge >= 0.3 is 12.1 Å². The minimum Gasteiger partial charge on any atom is -0.475 e. The number of likely N-dealkylation sites (tertiary alicyclic amines) is 1. The van der Waals surface area contributed by atoms with Crippen LogP contribution in [0.15, 0.2) is 53.4 Å². The highest BCUT2D eigenvalue weighted by atomic mass is 32.2. The van der Waals surface area contributed by atoms with Crippen molar-refractivity contribution in [3.63, 3.8) is 0 Å². The number of hydrogen-bond acceptors (Lipinski definition) is 5. The SMILES string of the molecule is CCCCNC(=O)C1CCN(C(=O)c2ccc(NS(=O)(=O)c3ccc(C(C)(C)C)cc3)cc2)CC1.O=C(O)C(F)(F)F. The summed E-state index contributed by atoms with van der Waals surface area (Å²) in [7, 11) is -3.74. The van der Waals surface area contributed by atoms with Crippen LogP contribution >= 0.6 is 0 Å². The largest absolute Gasteiger partial charge is 0.490 e. The fourth-order valence-electron chi connectivity index (χ4n) is 4.09. The summed E-state index contributed by atoms with van der Waals surface area (Å²) in [6, 6.07) is 13.3. The Labute approximate surface area is 244 Å². The van der Waals surface area contributed by atoms with Crippen molar-refractivity contribution in [1.29, 1.82) is 0 Å². The molecule has 0 bridgehead atoms. The predicted molar refractivity (Wildman–Crippen MR) is 153 cm³/mol. The number of nitrogens with zero attached hydrogens (tertiary/aromatic N) is 1. The van der Waals surface area contributed by atoms with Gasteiger partial charge in [-0.1, -0.05) is 46.2 Å². The average molecular weight is 614 g/mol. The molecule has 1 aliphatic heterocycles. The average Bonchev–Trinajstić information content (AvgIpc) is 2.92. The summed E-state index contributed by atoms with van der Waals surface area (Å²) in [5.74, 6) is -2.84. The number of alkyl halides is 3. The topological polar surface area (TPSA) is 133 Å². The lowest BCUT2D eigenvalue weighted by atomic mass is 9.87. The minimum atomic E-state index is -5.08. The number of rotatable bonds is 8. The third-order valence-corrected chi connectivity index (χ3v) is 8.04. The third kappa shape index (κ3) is 10.3. The molecule has 2 amide bonds. The van der Waals surface area contributed by atoms with Gasteiger partial charge in [0, 0.05) is 36.8 Å². The molecule has 42 heavy (non-hydrogen) atoms. The lowest BCUT2D eigenvalue weighted by Crippen LogP contribution is -2.43. The molecule has 0 atom stereocenters. The van der Waals surface area contributed by atoms with E-state index < -0.39 is 22.2 Å². The van der Waals surface area contributed by atoms with E-state index in [1.54, 1.807) is 41.3 Å². The molecule has 0 unspecified atom stereocenters. The number of unbranched alkanes of at least 4 members (excludes halogenated alkanes) is 1. The Morgan fingerprint density at radius 1 is 0.952 bits per heavy atom. The van der Waals surface area contributed by atoms with Crippen LogP contribution in [0.25, 0.3) is 0 Å². The van der Waals surface area contributed by atoms with Crippen molar-refractivity contribution in [3.05, 3.63) is 59.7 Å². The maximum atomic E-state index is 12.9. The van der Waals surface area contributed by atoms with Crippen LogP contribution in [-0.2, 0) is 25.0 Å². The van der Waals surface area contributed by atoms with Crippen molar-refractivity contribution >= 4 is 33.5 Å². The van der Waals surface area contributed by atoms with Gasteiger partial charge < -0.3 is 15.3 Å². The molecule has 1 heterocycles. The summed E-state index contributed by atoms with van der Waals surface area (Å²) < 4.78 is 59.9. The highest BCUT2D eigenvalue weighted by Gasteiger charge is 2.38. The zero-order valence-corrected chi connectivity index (χ0v) is 24.9.